The van der Waals surface area contributed by atoms with Crippen LogP contribution in [0.15, 0.2) is 53.5 Å². The van der Waals surface area contributed by atoms with Gasteiger partial charge in [-0.25, -0.2) is 9.97 Å². The van der Waals surface area contributed by atoms with Crippen molar-refractivity contribution in [1.82, 2.24) is 9.97 Å². The van der Waals surface area contributed by atoms with E-state index in [9.17, 15) is 13.2 Å². The van der Waals surface area contributed by atoms with Gasteiger partial charge in [-0.2, -0.15) is 18.4 Å². The number of benzene rings is 1. The van der Waals surface area contributed by atoms with E-state index in [1.165, 1.54) is 36.9 Å². The zero-order valence-electron chi connectivity index (χ0n) is 12.1. The lowest BCUT2D eigenvalue weighted by Crippen LogP contribution is -2.06. The van der Waals surface area contributed by atoms with E-state index in [1.54, 1.807) is 0 Å². The molecule has 6 nitrogen and oxygen atoms in total. The largest absolute Gasteiger partial charge is 0.416 e. The van der Waals surface area contributed by atoms with Gasteiger partial charge in [-0.05, 0) is 24.3 Å². The molecule has 9 heteroatoms. The van der Waals surface area contributed by atoms with E-state index in [1.807, 2.05) is 6.07 Å². The molecule has 0 aliphatic rings. The summed E-state index contributed by atoms with van der Waals surface area (Å²) in [6.07, 6.45) is 0.786. The first-order chi connectivity index (χ1) is 11.4. The van der Waals surface area contributed by atoms with E-state index in [-0.39, 0.29) is 5.69 Å². The number of hydrogen-bond acceptors (Lipinski definition) is 6. The lowest BCUT2D eigenvalue weighted by atomic mass is 10.2. The molecule has 3 N–H and O–H groups in total. The maximum Gasteiger partial charge on any atom is 0.416 e. The Morgan fingerprint density at radius 3 is 2.42 bits per heavy atom. The maximum absolute atomic E-state index is 12.5. The molecule has 2 aromatic rings. The van der Waals surface area contributed by atoms with Gasteiger partial charge in [0.25, 0.3) is 0 Å². The second-order valence-electron chi connectivity index (χ2n) is 4.45. The number of alkyl halides is 3. The number of nitrogens with zero attached hydrogens (tertiary/aromatic N) is 4. The van der Waals surface area contributed by atoms with Gasteiger partial charge >= 0.3 is 6.18 Å². The Morgan fingerprint density at radius 2 is 1.92 bits per heavy atom. The van der Waals surface area contributed by atoms with E-state index in [2.05, 4.69) is 20.3 Å². The average molecular weight is 332 g/mol. The topological polar surface area (TPSA) is 100.0 Å². The van der Waals surface area contributed by atoms with Crippen LogP contribution in [0.3, 0.4) is 0 Å². The highest BCUT2D eigenvalue weighted by Crippen LogP contribution is 2.30. The Labute approximate surface area is 135 Å². The van der Waals surface area contributed by atoms with Crippen LogP contribution in [0.25, 0.3) is 0 Å². The number of nitrogens with one attached hydrogen (secondary N) is 1. The number of aliphatic imine (C=N–C) groups is 1. The van der Waals surface area contributed by atoms with E-state index in [4.69, 9.17) is 11.0 Å². The van der Waals surface area contributed by atoms with Gasteiger partial charge in [0.05, 0.1) is 35.6 Å². The third-order valence-electron chi connectivity index (χ3n) is 2.77. The fourth-order valence-electron chi connectivity index (χ4n) is 1.60. The highest BCUT2D eigenvalue weighted by atomic mass is 19.4. The van der Waals surface area contributed by atoms with Gasteiger partial charge in [0.2, 0.25) is 0 Å². The van der Waals surface area contributed by atoms with Crippen molar-refractivity contribution in [2.45, 2.75) is 6.18 Å². The number of aromatic nitrogens is 2. The second-order valence-corrected chi connectivity index (χ2v) is 4.45. The van der Waals surface area contributed by atoms with Crippen LogP contribution in [-0.4, -0.2) is 16.2 Å². The van der Waals surface area contributed by atoms with Gasteiger partial charge in [-0.3, -0.25) is 4.99 Å². The first kappa shape index (κ1) is 17.0. The van der Waals surface area contributed by atoms with Crippen molar-refractivity contribution in [3.63, 3.8) is 0 Å². The summed E-state index contributed by atoms with van der Waals surface area (Å²) < 4.78 is 37.4. The zero-order valence-corrected chi connectivity index (χ0v) is 12.1. The number of halogens is 3. The molecule has 0 spiro atoms. The normalized spacial score (nSPS) is 12.2. The minimum absolute atomic E-state index is 0.164. The molecule has 2 rings (SSSR count). The van der Waals surface area contributed by atoms with Crippen molar-refractivity contribution >= 4 is 17.7 Å². The van der Waals surface area contributed by atoms with Gasteiger partial charge in [0, 0.05) is 6.20 Å². The monoisotopic (exact) mass is 332 g/mol. The maximum atomic E-state index is 12.5. The Balaban J connectivity index is 2.06. The van der Waals surface area contributed by atoms with Gasteiger partial charge in [-0.1, -0.05) is 0 Å². The summed E-state index contributed by atoms with van der Waals surface area (Å²) in [6, 6.07) is 6.21. The molecule has 0 amide bonds. The Hall–Kier alpha value is -3.41. The first-order valence-corrected chi connectivity index (χ1v) is 6.55. The minimum Gasteiger partial charge on any atom is -0.403 e. The van der Waals surface area contributed by atoms with Gasteiger partial charge in [-0.15, -0.1) is 0 Å². The predicted molar refractivity (Wildman–Crippen MR) is 82.2 cm³/mol. The van der Waals surface area contributed by atoms with Crippen LogP contribution >= 0.6 is 0 Å². The van der Waals surface area contributed by atoms with Crippen molar-refractivity contribution in [2.75, 3.05) is 5.32 Å². The Morgan fingerprint density at radius 1 is 1.21 bits per heavy atom. The molecule has 0 aliphatic carbocycles. The standard InChI is InChI=1S/C15H11F3N6/c16-15(17,18)10-1-3-11(4-2-10)21-8-13(6-20)24-14-9-22-12(5-19)7-23-14/h1-4,6-9H,20H2,(H,23,24)/b13-6+,21-8?. The Kier molecular flexibility index (Phi) is 5.11. The van der Waals surface area contributed by atoms with Crippen molar-refractivity contribution in [3.8, 4) is 6.07 Å². The highest BCUT2D eigenvalue weighted by molar-refractivity contribution is 5.84. The molecule has 0 saturated carbocycles. The number of anilines is 1. The van der Waals surface area contributed by atoms with E-state index < -0.39 is 11.7 Å². The molecule has 0 atom stereocenters. The number of nitrogens with two attached hydrogens (primary N) is 1. The lowest BCUT2D eigenvalue weighted by molar-refractivity contribution is -0.137. The third-order valence-corrected chi connectivity index (χ3v) is 2.77. The fraction of sp³-hybridized carbons (Fsp3) is 0.0667. The first-order valence-electron chi connectivity index (χ1n) is 6.55. The van der Waals surface area contributed by atoms with Crippen LogP contribution in [0.1, 0.15) is 11.3 Å². The van der Waals surface area contributed by atoms with Crippen LogP contribution in [0.2, 0.25) is 0 Å². The molecule has 1 aromatic carbocycles. The SMILES string of the molecule is N#Cc1cnc(N/C(C=Nc2ccc(C(F)(F)F)cc2)=C/N)cn1. The summed E-state index contributed by atoms with van der Waals surface area (Å²) in [6.45, 7) is 0. The quantitative estimate of drug-likeness (QED) is 0.838. The molecule has 0 saturated heterocycles. The summed E-state index contributed by atoms with van der Waals surface area (Å²) in [5.74, 6) is 0.338. The molecule has 122 valence electrons. The summed E-state index contributed by atoms with van der Waals surface area (Å²) in [7, 11) is 0. The number of allylic oxidation sites excluding steroid dienone is 1. The molecule has 24 heavy (non-hydrogen) atoms. The number of nitriles is 1. The number of rotatable bonds is 4. The molecule has 0 unspecified atom stereocenters. The van der Waals surface area contributed by atoms with Crippen molar-refractivity contribution in [1.29, 1.82) is 5.26 Å². The van der Waals surface area contributed by atoms with Crippen LogP contribution in [0, 0.1) is 11.3 Å². The predicted octanol–water partition coefficient (Wildman–Crippen LogP) is 2.98. The average Bonchev–Trinajstić information content (AvgIpc) is 2.58. The lowest BCUT2D eigenvalue weighted by Gasteiger charge is -2.06. The molecular formula is C15H11F3N6. The molecule has 0 radical (unpaired) electrons. The second kappa shape index (κ2) is 7.23. The van der Waals surface area contributed by atoms with E-state index in [0.29, 0.717) is 17.2 Å². The molecular weight excluding hydrogens is 321 g/mol. The van der Waals surface area contributed by atoms with E-state index >= 15 is 0 Å². The Bertz CT molecular complexity index is 786. The summed E-state index contributed by atoms with van der Waals surface area (Å²) in [5, 5.41) is 11.5. The van der Waals surface area contributed by atoms with E-state index in [0.717, 1.165) is 12.1 Å². The molecule has 1 aromatic heterocycles. The third kappa shape index (κ3) is 4.54. The number of hydrogen-bond donors (Lipinski definition) is 2. The summed E-state index contributed by atoms with van der Waals surface area (Å²) in [5.41, 5.74) is 5.56. The molecule has 1 heterocycles. The van der Waals surface area contributed by atoms with Gasteiger partial charge in [0.15, 0.2) is 5.69 Å². The van der Waals surface area contributed by atoms with Gasteiger partial charge < -0.3 is 11.1 Å². The smallest absolute Gasteiger partial charge is 0.403 e. The van der Waals surface area contributed by atoms with Crippen LogP contribution in [0.4, 0.5) is 24.7 Å². The van der Waals surface area contributed by atoms with Crippen molar-refractivity contribution < 1.29 is 13.2 Å². The van der Waals surface area contributed by atoms with Crippen molar-refractivity contribution in [3.05, 3.63) is 59.8 Å². The molecule has 0 fully saturated rings. The highest BCUT2D eigenvalue weighted by Gasteiger charge is 2.29. The van der Waals surface area contributed by atoms with Crippen molar-refractivity contribution in [2.24, 2.45) is 10.7 Å². The summed E-state index contributed by atoms with van der Waals surface area (Å²) in [4.78, 5) is 11.8. The summed E-state index contributed by atoms with van der Waals surface area (Å²) >= 11 is 0. The minimum atomic E-state index is -4.39. The molecule has 0 bridgehead atoms. The van der Waals surface area contributed by atoms with Crippen LogP contribution in [-0.2, 0) is 6.18 Å². The fourth-order valence-corrected chi connectivity index (χ4v) is 1.60. The van der Waals surface area contributed by atoms with Crippen LogP contribution in [0.5, 0.6) is 0 Å². The zero-order chi connectivity index (χ0) is 17.6. The molecule has 0 aliphatic heterocycles. The van der Waals surface area contributed by atoms with Gasteiger partial charge in [0.1, 0.15) is 11.9 Å². The van der Waals surface area contributed by atoms with Crippen LogP contribution < -0.4 is 11.1 Å².